The van der Waals surface area contributed by atoms with Gasteiger partial charge in [-0.25, -0.2) is 0 Å². The van der Waals surface area contributed by atoms with Crippen LogP contribution in [0.2, 0.25) is 0 Å². The van der Waals surface area contributed by atoms with Gasteiger partial charge in [0.05, 0.1) is 13.2 Å². The summed E-state index contributed by atoms with van der Waals surface area (Å²) in [5, 5.41) is 3.49. The molecule has 1 unspecified atom stereocenters. The van der Waals surface area contributed by atoms with Gasteiger partial charge in [0.25, 0.3) is 0 Å². The van der Waals surface area contributed by atoms with E-state index in [0.717, 1.165) is 45.7 Å². The van der Waals surface area contributed by atoms with Gasteiger partial charge in [0, 0.05) is 51.7 Å². The molecule has 0 bridgehead atoms. The Balaban J connectivity index is 1.58. The topological polar surface area (TPSA) is 44.8 Å². The zero-order chi connectivity index (χ0) is 16.8. The van der Waals surface area contributed by atoms with Crippen LogP contribution in [0.25, 0.3) is 0 Å². The summed E-state index contributed by atoms with van der Waals surface area (Å²) in [6, 6.07) is 9.30. The average Bonchev–Trinajstić information content (AvgIpc) is 2.67. The fourth-order valence-electron chi connectivity index (χ4n) is 3.53. The zero-order valence-electron chi connectivity index (χ0n) is 14.7. The maximum Gasteiger partial charge on any atom is 0.224 e. The molecule has 0 radical (unpaired) electrons. The predicted molar refractivity (Wildman–Crippen MR) is 95.0 cm³/mol. The number of ether oxygens (including phenoxy) is 1. The fraction of sp³-hybridized carbons (Fsp3) is 0.632. The molecule has 0 aliphatic carbocycles. The molecule has 2 fully saturated rings. The maximum absolute atomic E-state index is 12.4. The van der Waals surface area contributed by atoms with Crippen molar-refractivity contribution in [1.29, 1.82) is 0 Å². The van der Waals surface area contributed by atoms with E-state index in [4.69, 9.17) is 4.74 Å². The van der Waals surface area contributed by atoms with E-state index in [1.165, 1.54) is 11.1 Å². The minimum Gasteiger partial charge on any atom is -0.378 e. The molecule has 1 aromatic rings. The molecule has 5 heteroatoms. The van der Waals surface area contributed by atoms with Crippen LogP contribution in [-0.4, -0.2) is 68.2 Å². The van der Waals surface area contributed by atoms with Crippen molar-refractivity contribution in [2.45, 2.75) is 25.8 Å². The molecule has 24 heavy (non-hydrogen) atoms. The number of rotatable bonds is 5. The summed E-state index contributed by atoms with van der Waals surface area (Å²) in [6.45, 7) is 8.78. The molecule has 2 saturated heterocycles. The molecular weight excluding hydrogens is 302 g/mol. The maximum atomic E-state index is 12.4. The Kier molecular flexibility index (Phi) is 6.24. The molecule has 0 saturated carbocycles. The van der Waals surface area contributed by atoms with E-state index < -0.39 is 0 Å². The smallest absolute Gasteiger partial charge is 0.224 e. The lowest BCUT2D eigenvalue weighted by atomic mass is 10.0. The van der Waals surface area contributed by atoms with Gasteiger partial charge in [-0.05, 0) is 17.5 Å². The number of benzene rings is 1. The van der Waals surface area contributed by atoms with Gasteiger partial charge in [0.1, 0.15) is 0 Å². The highest BCUT2D eigenvalue weighted by molar-refractivity contribution is 5.76. The number of nitrogens with one attached hydrogen (secondary N) is 1. The van der Waals surface area contributed by atoms with Crippen LogP contribution in [-0.2, 0) is 16.0 Å². The molecule has 1 N–H and O–H groups in total. The highest BCUT2D eigenvalue weighted by atomic mass is 16.5. The van der Waals surface area contributed by atoms with E-state index in [2.05, 4.69) is 41.4 Å². The second-order valence-corrected chi connectivity index (χ2v) is 6.59. The molecule has 2 heterocycles. The largest absolute Gasteiger partial charge is 0.378 e. The summed E-state index contributed by atoms with van der Waals surface area (Å²) < 4.78 is 5.33. The van der Waals surface area contributed by atoms with E-state index in [1.807, 2.05) is 4.90 Å². The van der Waals surface area contributed by atoms with Crippen molar-refractivity contribution in [2.24, 2.45) is 0 Å². The number of aryl methyl sites for hydroxylation is 1. The molecule has 3 rings (SSSR count). The number of carbonyl (C=O) groups excluding carboxylic acids is 1. The van der Waals surface area contributed by atoms with Gasteiger partial charge >= 0.3 is 0 Å². The monoisotopic (exact) mass is 331 g/mol. The summed E-state index contributed by atoms with van der Waals surface area (Å²) in [4.78, 5) is 16.8. The minimum absolute atomic E-state index is 0.261. The summed E-state index contributed by atoms with van der Waals surface area (Å²) in [5.74, 6) is 0.261. The zero-order valence-corrected chi connectivity index (χ0v) is 14.7. The second kappa shape index (κ2) is 8.60. The van der Waals surface area contributed by atoms with Gasteiger partial charge in [0.15, 0.2) is 0 Å². The van der Waals surface area contributed by atoms with E-state index in [1.54, 1.807) is 0 Å². The van der Waals surface area contributed by atoms with Crippen LogP contribution >= 0.6 is 0 Å². The number of carbonyl (C=O) groups is 1. The van der Waals surface area contributed by atoms with Crippen molar-refractivity contribution in [3.63, 3.8) is 0 Å². The Labute approximate surface area is 145 Å². The van der Waals surface area contributed by atoms with Crippen LogP contribution in [0.3, 0.4) is 0 Å². The summed E-state index contributed by atoms with van der Waals surface area (Å²) in [7, 11) is 0. The van der Waals surface area contributed by atoms with Crippen molar-refractivity contribution in [1.82, 2.24) is 15.1 Å². The third-order valence-corrected chi connectivity index (χ3v) is 5.10. The third kappa shape index (κ3) is 4.35. The highest BCUT2D eigenvalue weighted by Gasteiger charge is 2.25. The lowest BCUT2D eigenvalue weighted by Gasteiger charge is -2.37. The number of hydrogen-bond donors (Lipinski definition) is 1. The van der Waals surface area contributed by atoms with Crippen LogP contribution in [0, 0.1) is 0 Å². The molecule has 2 aliphatic heterocycles. The van der Waals surface area contributed by atoms with E-state index in [-0.39, 0.29) is 5.91 Å². The molecule has 0 aromatic heterocycles. The first-order valence-electron chi connectivity index (χ1n) is 9.17. The first kappa shape index (κ1) is 17.4. The lowest BCUT2D eigenvalue weighted by molar-refractivity contribution is -0.135. The van der Waals surface area contributed by atoms with Gasteiger partial charge in [0.2, 0.25) is 5.91 Å². The Hall–Kier alpha value is -1.43. The predicted octanol–water partition coefficient (Wildman–Crippen LogP) is 1.44. The first-order valence-corrected chi connectivity index (χ1v) is 9.17. The van der Waals surface area contributed by atoms with Crippen LogP contribution in [0.5, 0.6) is 0 Å². The number of hydrogen-bond acceptors (Lipinski definition) is 4. The van der Waals surface area contributed by atoms with Crippen molar-refractivity contribution in [3.05, 3.63) is 35.4 Å². The summed E-state index contributed by atoms with van der Waals surface area (Å²) in [5.41, 5.74) is 2.72. The van der Waals surface area contributed by atoms with Gasteiger partial charge in [-0.2, -0.15) is 0 Å². The average molecular weight is 331 g/mol. The number of morpholine rings is 1. The quantitative estimate of drug-likeness (QED) is 0.887. The Morgan fingerprint density at radius 2 is 1.96 bits per heavy atom. The van der Waals surface area contributed by atoms with E-state index in [9.17, 15) is 4.79 Å². The first-order chi connectivity index (χ1) is 11.8. The molecular formula is C19H29N3O2. The lowest BCUT2D eigenvalue weighted by Crippen LogP contribution is -2.48. The van der Waals surface area contributed by atoms with Crippen molar-refractivity contribution in [2.75, 3.05) is 52.5 Å². The van der Waals surface area contributed by atoms with Crippen molar-refractivity contribution >= 4 is 5.91 Å². The third-order valence-electron chi connectivity index (χ3n) is 5.10. The van der Waals surface area contributed by atoms with Gasteiger partial charge in [-0.3, -0.25) is 9.69 Å². The van der Waals surface area contributed by atoms with E-state index in [0.29, 0.717) is 25.7 Å². The van der Waals surface area contributed by atoms with Gasteiger partial charge in [-0.15, -0.1) is 0 Å². The van der Waals surface area contributed by atoms with Crippen LogP contribution < -0.4 is 5.32 Å². The Morgan fingerprint density at radius 3 is 2.67 bits per heavy atom. The minimum atomic E-state index is 0.261. The molecule has 5 nitrogen and oxygen atoms in total. The van der Waals surface area contributed by atoms with Crippen LogP contribution in [0.4, 0.5) is 0 Å². The highest BCUT2D eigenvalue weighted by Crippen LogP contribution is 2.23. The number of amides is 1. The second-order valence-electron chi connectivity index (χ2n) is 6.59. The van der Waals surface area contributed by atoms with Crippen LogP contribution in [0.1, 0.15) is 30.5 Å². The molecule has 1 aromatic carbocycles. The summed E-state index contributed by atoms with van der Waals surface area (Å²) >= 11 is 0. The van der Waals surface area contributed by atoms with Crippen LogP contribution in [0.15, 0.2) is 24.3 Å². The number of nitrogens with zero attached hydrogens (tertiary/aromatic N) is 2. The molecule has 2 aliphatic rings. The Bertz CT molecular complexity index is 526. The molecule has 0 spiro atoms. The number of piperazine rings is 1. The molecule has 132 valence electrons. The van der Waals surface area contributed by atoms with Crippen molar-refractivity contribution in [3.8, 4) is 0 Å². The normalized spacial score (nSPS) is 22.5. The molecule has 1 atom stereocenters. The Morgan fingerprint density at radius 1 is 1.21 bits per heavy atom. The van der Waals surface area contributed by atoms with Crippen molar-refractivity contribution < 1.29 is 9.53 Å². The fourth-order valence-corrected chi connectivity index (χ4v) is 3.53. The summed E-state index contributed by atoms with van der Waals surface area (Å²) in [6.07, 6.45) is 1.67. The molecule has 1 amide bonds. The van der Waals surface area contributed by atoms with Gasteiger partial charge < -0.3 is 15.0 Å². The van der Waals surface area contributed by atoms with Gasteiger partial charge in [-0.1, -0.05) is 31.2 Å². The van der Waals surface area contributed by atoms with E-state index >= 15 is 0 Å². The standard InChI is InChI=1S/C19H29N3O2/c1-2-16-3-5-17(6-4-16)18-15-20-8-10-21(18)9-7-19(23)22-11-13-24-14-12-22/h3-6,18,20H,2,7-15H2,1H3. The SMILES string of the molecule is CCc1ccc(C2CNCCN2CCC(=O)N2CCOCC2)cc1.